The average Bonchev–Trinajstić information content (AvgIpc) is 2.99. The molecule has 2 aliphatic heterocycles. The number of nitrogens with zero attached hydrogens (tertiary/aromatic N) is 2. The number of morpholine rings is 1. The second-order valence-corrected chi connectivity index (χ2v) is 6.51. The Balaban J connectivity index is 1.85. The first kappa shape index (κ1) is 17.4. The van der Waals surface area contributed by atoms with Gasteiger partial charge in [0.15, 0.2) is 0 Å². The molecule has 1 atom stereocenters. The minimum atomic E-state index is -0.946. The maximum absolute atomic E-state index is 13.1. The fourth-order valence-corrected chi connectivity index (χ4v) is 3.35. The van der Waals surface area contributed by atoms with Gasteiger partial charge >= 0.3 is 5.97 Å². The second-order valence-electron chi connectivity index (χ2n) is 6.51. The molecule has 25 heavy (non-hydrogen) atoms. The number of carbonyl (C=O) groups excluding carboxylic acids is 2. The van der Waals surface area contributed by atoms with E-state index in [0.29, 0.717) is 37.4 Å². The lowest BCUT2D eigenvalue weighted by molar-refractivity contribution is -0.141. The quantitative estimate of drug-likeness (QED) is 0.891. The highest BCUT2D eigenvalue weighted by Crippen LogP contribution is 2.28. The third-order valence-corrected chi connectivity index (χ3v) is 4.57. The van der Waals surface area contributed by atoms with Crippen molar-refractivity contribution in [1.82, 2.24) is 4.90 Å². The SMILES string of the molecule is Cc1ccc(N2CCCC2=O)c(C(=O)N2CCOC(CC(=O)O)C2)c1. The lowest BCUT2D eigenvalue weighted by Gasteiger charge is -2.33. The Bertz CT molecular complexity index is 703. The predicted octanol–water partition coefficient (Wildman–Crippen LogP) is 1.44. The summed E-state index contributed by atoms with van der Waals surface area (Å²) in [5.41, 5.74) is 2.07. The minimum absolute atomic E-state index is 0.0311. The Morgan fingerprint density at radius 3 is 2.80 bits per heavy atom. The first-order chi connectivity index (χ1) is 12.0. The van der Waals surface area contributed by atoms with Gasteiger partial charge in [-0.3, -0.25) is 14.4 Å². The molecule has 7 heteroatoms. The monoisotopic (exact) mass is 346 g/mol. The minimum Gasteiger partial charge on any atom is -0.481 e. The van der Waals surface area contributed by atoms with Gasteiger partial charge in [-0.2, -0.15) is 0 Å². The van der Waals surface area contributed by atoms with Gasteiger partial charge in [0, 0.05) is 26.1 Å². The van der Waals surface area contributed by atoms with E-state index >= 15 is 0 Å². The van der Waals surface area contributed by atoms with E-state index < -0.39 is 12.1 Å². The van der Waals surface area contributed by atoms with Crippen molar-refractivity contribution in [3.63, 3.8) is 0 Å². The zero-order valence-corrected chi connectivity index (χ0v) is 14.2. The zero-order valence-electron chi connectivity index (χ0n) is 14.2. The van der Waals surface area contributed by atoms with Gasteiger partial charge in [0.05, 0.1) is 30.4 Å². The Morgan fingerprint density at radius 2 is 2.12 bits per heavy atom. The molecule has 0 radical (unpaired) electrons. The number of hydrogen-bond acceptors (Lipinski definition) is 4. The van der Waals surface area contributed by atoms with Crippen LogP contribution < -0.4 is 4.90 Å². The third-order valence-electron chi connectivity index (χ3n) is 4.57. The number of carbonyl (C=O) groups is 3. The van der Waals surface area contributed by atoms with Crippen LogP contribution >= 0.6 is 0 Å². The van der Waals surface area contributed by atoms with E-state index in [1.807, 2.05) is 19.1 Å². The summed E-state index contributed by atoms with van der Waals surface area (Å²) >= 11 is 0. The number of aryl methyl sites for hydroxylation is 1. The van der Waals surface area contributed by atoms with Gasteiger partial charge in [0.1, 0.15) is 0 Å². The fourth-order valence-electron chi connectivity index (χ4n) is 3.35. The molecule has 7 nitrogen and oxygen atoms in total. The van der Waals surface area contributed by atoms with Crippen LogP contribution in [0.5, 0.6) is 0 Å². The Kier molecular flexibility index (Phi) is 5.03. The van der Waals surface area contributed by atoms with Crippen LogP contribution in [0.15, 0.2) is 18.2 Å². The molecule has 1 unspecified atom stereocenters. The molecule has 2 saturated heterocycles. The summed E-state index contributed by atoms with van der Waals surface area (Å²) in [5.74, 6) is -1.10. The van der Waals surface area contributed by atoms with Crippen molar-refractivity contribution in [1.29, 1.82) is 0 Å². The summed E-state index contributed by atoms with van der Waals surface area (Å²) in [6.45, 7) is 3.49. The Hall–Kier alpha value is -2.41. The summed E-state index contributed by atoms with van der Waals surface area (Å²) in [6.07, 6.45) is 0.657. The van der Waals surface area contributed by atoms with Gasteiger partial charge in [0.2, 0.25) is 5.91 Å². The summed E-state index contributed by atoms with van der Waals surface area (Å²) in [7, 11) is 0. The Labute approximate surface area is 146 Å². The molecule has 1 aromatic carbocycles. The molecule has 3 rings (SSSR count). The van der Waals surface area contributed by atoms with Crippen molar-refractivity contribution in [2.24, 2.45) is 0 Å². The number of benzene rings is 1. The smallest absolute Gasteiger partial charge is 0.306 e. The maximum atomic E-state index is 13.1. The molecule has 0 aliphatic carbocycles. The van der Waals surface area contributed by atoms with E-state index in [-0.39, 0.29) is 24.8 Å². The number of amides is 2. The van der Waals surface area contributed by atoms with Crippen LogP contribution in [0.2, 0.25) is 0 Å². The van der Waals surface area contributed by atoms with Crippen LogP contribution in [-0.2, 0) is 14.3 Å². The van der Waals surface area contributed by atoms with Crippen LogP contribution in [0.25, 0.3) is 0 Å². The largest absolute Gasteiger partial charge is 0.481 e. The molecule has 0 saturated carbocycles. The van der Waals surface area contributed by atoms with Gasteiger partial charge in [-0.25, -0.2) is 0 Å². The molecule has 2 aliphatic rings. The highest BCUT2D eigenvalue weighted by atomic mass is 16.5. The van der Waals surface area contributed by atoms with E-state index in [0.717, 1.165) is 12.0 Å². The number of carboxylic acid groups (broad SMARTS) is 1. The summed E-state index contributed by atoms with van der Waals surface area (Å²) in [5, 5.41) is 8.93. The lowest BCUT2D eigenvalue weighted by Crippen LogP contribution is -2.46. The summed E-state index contributed by atoms with van der Waals surface area (Å²) < 4.78 is 5.44. The predicted molar refractivity (Wildman–Crippen MR) is 90.7 cm³/mol. The zero-order chi connectivity index (χ0) is 18.0. The number of carboxylic acids is 1. The molecular formula is C18H22N2O5. The highest BCUT2D eigenvalue weighted by molar-refractivity contribution is 6.05. The molecule has 1 N–H and O–H groups in total. The van der Waals surface area contributed by atoms with Crippen LogP contribution in [0.4, 0.5) is 5.69 Å². The maximum Gasteiger partial charge on any atom is 0.306 e. The number of ether oxygens (including phenoxy) is 1. The van der Waals surface area contributed by atoms with Gasteiger partial charge in [-0.1, -0.05) is 11.6 Å². The molecule has 2 heterocycles. The molecule has 0 aromatic heterocycles. The second kappa shape index (κ2) is 7.23. The van der Waals surface area contributed by atoms with Crippen LogP contribution in [-0.4, -0.2) is 60.1 Å². The summed E-state index contributed by atoms with van der Waals surface area (Å²) in [4.78, 5) is 39.3. The molecule has 0 spiro atoms. The molecule has 134 valence electrons. The Morgan fingerprint density at radius 1 is 1.32 bits per heavy atom. The number of aliphatic carboxylic acids is 1. The molecule has 2 amide bonds. The van der Waals surface area contributed by atoms with Gasteiger partial charge in [-0.15, -0.1) is 0 Å². The van der Waals surface area contributed by atoms with Crippen molar-refractivity contribution in [2.75, 3.05) is 31.1 Å². The fraction of sp³-hybridized carbons (Fsp3) is 0.500. The van der Waals surface area contributed by atoms with Gasteiger partial charge in [-0.05, 0) is 25.5 Å². The van der Waals surface area contributed by atoms with E-state index in [2.05, 4.69) is 0 Å². The van der Waals surface area contributed by atoms with Crippen molar-refractivity contribution in [3.8, 4) is 0 Å². The number of rotatable bonds is 4. The molecule has 0 bridgehead atoms. The number of anilines is 1. The van der Waals surface area contributed by atoms with Crippen molar-refractivity contribution in [3.05, 3.63) is 29.3 Å². The van der Waals surface area contributed by atoms with Crippen molar-refractivity contribution < 1.29 is 24.2 Å². The van der Waals surface area contributed by atoms with E-state index in [1.165, 1.54) is 0 Å². The first-order valence-corrected chi connectivity index (χ1v) is 8.49. The third kappa shape index (κ3) is 3.82. The van der Waals surface area contributed by atoms with Crippen LogP contribution in [0.1, 0.15) is 35.2 Å². The molecule has 1 aromatic rings. The van der Waals surface area contributed by atoms with Crippen LogP contribution in [0, 0.1) is 6.92 Å². The molecule has 2 fully saturated rings. The topological polar surface area (TPSA) is 87.2 Å². The normalized spacial score (nSPS) is 20.8. The highest BCUT2D eigenvalue weighted by Gasteiger charge is 2.31. The van der Waals surface area contributed by atoms with Gasteiger partial charge < -0.3 is 19.6 Å². The van der Waals surface area contributed by atoms with Crippen molar-refractivity contribution in [2.45, 2.75) is 32.3 Å². The lowest BCUT2D eigenvalue weighted by atomic mass is 10.1. The standard InChI is InChI=1S/C18H22N2O5/c1-12-4-5-15(20-6-2-3-16(20)21)14(9-12)18(24)19-7-8-25-13(11-19)10-17(22)23/h4-5,9,13H,2-3,6-8,10-11H2,1H3,(H,22,23). The van der Waals surface area contributed by atoms with Crippen LogP contribution in [0.3, 0.4) is 0 Å². The molecular weight excluding hydrogens is 324 g/mol. The van der Waals surface area contributed by atoms with E-state index in [1.54, 1.807) is 15.9 Å². The summed E-state index contributed by atoms with van der Waals surface area (Å²) in [6, 6.07) is 5.51. The van der Waals surface area contributed by atoms with Crippen molar-refractivity contribution >= 4 is 23.5 Å². The van der Waals surface area contributed by atoms with Gasteiger partial charge in [0.25, 0.3) is 5.91 Å². The number of hydrogen-bond donors (Lipinski definition) is 1. The average molecular weight is 346 g/mol. The van der Waals surface area contributed by atoms with E-state index in [4.69, 9.17) is 9.84 Å². The van der Waals surface area contributed by atoms with E-state index in [9.17, 15) is 14.4 Å². The first-order valence-electron chi connectivity index (χ1n) is 8.49.